The third-order valence-corrected chi connectivity index (χ3v) is 4.21. The number of hydrogen-bond acceptors (Lipinski definition) is 3. The lowest BCUT2D eigenvalue weighted by Gasteiger charge is -2.26. The number of rotatable bonds is 3. The fourth-order valence-corrected chi connectivity index (χ4v) is 2.99. The lowest BCUT2D eigenvalue weighted by molar-refractivity contribution is 0.409. The van der Waals surface area contributed by atoms with Gasteiger partial charge >= 0.3 is 0 Å². The van der Waals surface area contributed by atoms with Gasteiger partial charge in [0.05, 0.1) is 7.11 Å². The highest BCUT2D eigenvalue weighted by atomic mass is 35.5. The summed E-state index contributed by atoms with van der Waals surface area (Å²) in [5, 5.41) is 4.21. The highest BCUT2D eigenvalue weighted by Crippen LogP contribution is 2.31. The Morgan fingerprint density at radius 1 is 1.19 bits per heavy atom. The van der Waals surface area contributed by atoms with E-state index in [0.717, 1.165) is 42.5 Å². The van der Waals surface area contributed by atoms with Gasteiger partial charge in [-0.25, -0.2) is 0 Å². The number of ether oxygens (including phenoxy) is 1. The first-order valence-corrected chi connectivity index (χ1v) is 7.52. The van der Waals surface area contributed by atoms with E-state index < -0.39 is 0 Å². The maximum atomic E-state index is 6.37. The van der Waals surface area contributed by atoms with Gasteiger partial charge in [0, 0.05) is 42.5 Å². The lowest BCUT2D eigenvalue weighted by Crippen LogP contribution is -2.28. The Bertz CT molecular complexity index is 630. The predicted octanol–water partition coefficient (Wildman–Crippen LogP) is 3.46. The van der Waals surface area contributed by atoms with Crippen molar-refractivity contribution in [3.8, 4) is 5.75 Å². The molecule has 0 atom stereocenters. The number of nitrogens with zero attached hydrogens (tertiary/aromatic N) is 1. The Hall–Kier alpha value is -1.71. The smallest absolute Gasteiger partial charge is 0.125 e. The molecule has 0 radical (unpaired) electrons. The first-order valence-electron chi connectivity index (χ1n) is 7.14. The summed E-state index contributed by atoms with van der Waals surface area (Å²) in [6, 6.07) is 14.3. The second-order valence-electron chi connectivity index (χ2n) is 5.15. The molecule has 0 saturated carbocycles. The van der Waals surface area contributed by atoms with Gasteiger partial charge in [-0.05, 0) is 23.8 Å². The maximum absolute atomic E-state index is 6.37. The number of anilines is 1. The fourth-order valence-electron chi connectivity index (χ4n) is 2.76. The van der Waals surface area contributed by atoms with Crippen molar-refractivity contribution in [2.45, 2.75) is 13.1 Å². The van der Waals surface area contributed by atoms with Gasteiger partial charge in [0.1, 0.15) is 5.75 Å². The molecule has 0 aliphatic carbocycles. The van der Waals surface area contributed by atoms with E-state index in [1.807, 2.05) is 18.2 Å². The van der Waals surface area contributed by atoms with E-state index in [9.17, 15) is 0 Å². The highest BCUT2D eigenvalue weighted by molar-refractivity contribution is 6.31. The second kappa shape index (κ2) is 6.37. The molecule has 3 rings (SSSR count). The van der Waals surface area contributed by atoms with Crippen LogP contribution in [0.2, 0.25) is 5.02 Å². The summed E-state index contributed by atoms with van der Waals surface area (Å²) in [6.45, 7) is 3.57. The third kappa shape index (κ3) is 2.99. The number of para-hydroxylation sites is 1. The molecule has 2 aromatic carbocycles. The lowest BCUT2D eigenvalue weighted by atomic mass is 10.1. The Balaban J connectivity index is 1.95. The standard InChI is InChI=1S/C17H19ClN2O/c1-21-17-8-4-6-15(18)14(17)12-20-10-9-19-11-13-5-2-3-7-16(13)20/h2-8,19H,9-12H2,1H3. The molecule has 110 valence electrons. The molecule has 0 bridgehead atoms. The van der Waals surface area contributed by atoms with Crippen LogP contribution in [0.5, 0.6) is 5.75 Å². The van der Waals surface area contributed by atoms with Crippen LogP contribution in [-0.2, 0) is 13.1 Å². The van der Waals surface area contributed by atoms with Crippen LogP contribution in [0.3, 0.4) is 0 Å². The van der Waals surface area contributed by atoms with Crippen LogP contribution >= 0.6 is 11.6 Å². The quantitative estimate of drug-likeness (QED) is 0.940. The van der Waals surface area contributed by atoms with Crippen molar-refractivity contribution < 1.29 is 4.74 Å². The van der Waals surface area contributed by atoms with E-state index in [2.05, 4.69) is 34.5 Å². The number of fused-ring (bicyclic) bond motifs is 1. The molecule has 0 aromatic heterocycles. The van der Waals surface area contributed by atoms with E-state index in [4.69, 9.17) is 16.3 Å². The molecule has 2 aromatic rings. The van der Waals surface area contributed by atoms with Crippen molar-refractivity contribution >= 4 is 17.3 Å². The minimum atomic E-state index is 0.752. The Morgan fingerprint density at radius 3 is 2.90 bits per heavy atom. The molecule has 3 nitrogen and oxygen atoms in total. The largest absolute Gasteiger partial charge is 0.496 e. The first-order chi connectivity index (χ1) is 10.3. The van der Waals surface area contributed by atoms with Crippen LogP contribution in [0.15, 0.2) is 42.5 Å². The van der Waals surface area contributed by atoms with E-state index in [1.54, 1.807) is 7.11 Å². The summed E-state index contributed by atoms with van der Waals surface area (Å²) in [5.74, 6) is 0.845. The average Bonchev–Trinajstić information content (AvgIpc) is 2.72. The van der Waals surface area contributed by atoms with E-state index >= 15 is 0 Å². The van der Waals surface area contributed by atoms with Crippen LogP contribution in [0.1, 0.15) is 11.1 Å². The van der Waals surface area contributed by atoms with E-state index in [1.165, 1.54) is 11.3 Å². The Labute approximate surface area is 130 Å². The van der Waals surface area contributed by atoms with Crippen molar-refractivity contribution in [3.05, 3.63) is 58.6 Å². The van der Waals surface area contributed by atoms with E-state index in [-0.39, 0.29) is 0 Å². The van der Waals surface area contributed by atoms with Gasteiger partial charge < -0.3 is 15.0 Å². The van der Waals surface area contributed by atoms with Crippen LogP contribution in [-0.4, -0.2) is 20.2 Å². The molecular weight excluding hydrogens is 284 g/mol. The molecule has 21 heavy (non-hydrogen) atoms. The third-order valence-electron chi connectivity index (χ3n) is 3.85. The van der Waals surface area contributed by atoms with Gasteiger partial charge in [0.25, 0.3) is 0 Å². The van der Waals surface area contributed by atoms with Crippen LogP contribution < -0.4 is 15.0 Å². The second-order valence-corrected chi connectivity index (χ2v) is 5.55. The van der Waals surface area contributed by atoms with Crippen molar-refractivity contribution in [2.24, 2.45) is 0 Å². The fraction of sp³-hybridized carbons (Fsp3) is 0.294. The number of halogens is 1. The van der Waals surface area contributed by atoms with Gasteiger partial charge in [-0.2, -0.15) is 0 Å². The van der Waals surface area contributed by atoms with Gasteiger partial charge in [-0.1, -0.05) is 35.9 Å². The van der Waals surface area contributed by atoms with Crippen LogP contribution in [0.25, 0.3) is 0 Å². The van der Waals surface area contributed by atoms with E-state index in [0.29, 0.717) is 0 Å². The number of benzene rings is 2. The number of hydrogen-bond donors (Lipinski definition) is 1. The minimum Gasteiger partial charge on any atom is -0.496 e. The van der Waals surface area contributed by atoms with Crippen molar-refractivity contribution in [1.82, 2.24) is 5.32 Å². The minimum absolute atomic E-state index is 0.752. The van der Waals surface area contributed by atoms with Crippen LogP contribution in [0.4, 0.5) is 5.69 Å². The van der Waals surface area contributed by atoms with Crippen LogP contribution in [0, 0.1) is 0 Å². The molecule has 1 aliphatic rings. The molecular formula is C17H19ClN2O. The summed E-state index contributed by atoms with van der Waals surface area (Å²) >= 11 is 6.37. The maximum Gasteiger partial charge on any atom is 0.125 e. The normalized spacial score (nSPS) is 14.5. The molecule has 4 heteroatoms. The molecule has 1 N–H and O–H groups in total. The topological polar surface area (TPSA) is 24.5 Å². The molecule has 1 aliphatic heterocycles. The number of nitrogens with one attached hydrogen (secondary N) is 1. The summed E-state index contributed by atoms with van der Waals surface area (Å²) in [5.41, 5.74) is 3.63. The van der Waals surface area contributed by atoms with Crippen molar-refractivity contribution in [1.29, 1.82) is 0 Å². The van der Waals surface area contributed by atoms with Gasteiger partial charge in [0.2, 0.25) is 0 Å². The van der Waals surface area contributed by atoms with Gasteiger partial charge in [0.15, 0.2) is 0 Å². The summed E-state index contributed by atoms with van der Waals surface area (Å²) in [6.07, 6.45) is 0. The van der Waals surface area contributed by atoms with Crippen molar-refractivity contribution in [3.63, 3.8) is 0 Å². The summed E-state index contributed by atoms with van der Waals surface area (Å²) < 4.78 is 5.46. The predicted molar refractivity (Wildman–Crippen MR) is 87.2 cm³/mol. The molecule has 0 saturated heterocycles. The summed E-state index contributed by atoms with van der Waals surface area (Å²) in [4.78, 5) is 2.36. The molecule has 1 heterocycles. The zero-order valence-corrected chi connectivity index (χ0v) is 12.9. The molecule has 0 fully saturated rings. The van der Waals surface area contributed by atoms with Crippen molar-refractivity contribution in [2.75, 3.05) is 25.1 Å². The Morgan fingerprint density at radius 2 is 2.05 bits per heavy atom. The summed E-state index contributed by atoms with van der Waals surface area (Å²) in [7, 11) is 1.69. The number of methoxy groups -OCH3 is 1. The first kappa shape index (κ1) is 14.2. The zero-order valence-electron chi connectivity index (χ0n) is 12.1. The molecule has 0 spiro atoms. The molecule has 0 amide bonds. The average molecular weight is 303 g/mol. The van der Waals surface area contributed by atoms with Gasteiger partial charge in [-0.15, -0.1) is 0 Å². The SMILES string of the molecule is COc1cccc(Cl)c1CN1CCNCc2ccccc21. The van der Waals surface area contributed by atoms with Gasteiger partial charge in [-0.3, -0.25) is 0 Å². The highest BCUT2D eigenvalue weighted by Gasteiger charge is 2.17. The Kier molecular flexibility index (Phi) is 4.32. The monoisotopic (exact) mass is 302 g/mol. The zero-order chi connectivity index (χ0) is 14.7. The molecule has 0 unspecified atom stereocenters.